The molecule has 5 nitrogen and oxygen atoms in total. The Morgan fingerprint density at radius 3 is 2.68 bits per heavy atom. The second-order valence-electron chi connectivity index (χ2n) is 6.24. The van der Waals surface area contributed by atoms with E-state index in [2.05, 4.69) is 17.3 Å². The molecule has 0 fully saturated rings. The van der Waals surface area contributed by atoms with Gasteiger partial charge in [-0.25, -0.2) is 4.79 Å². The van der Waals surface area contributed by atoms with Crippen LogP contribution in [0.2, 0.25) is 0 Å². The van der Waals surface area contributed by atoms with Gasteiger partial charge in [0.1, 0.15) is 5.00 Å². The molecule has 0 unspecified atom stereocenters. The van der Waals surface area contributed by atoms with Crippen LogP contribution >= 0.6 is 11.3 Å². The summed E-state index contributed by atoms with van der Waals surface area (Å²) in [5.74, 6) is -0.568. The van der Waals surface area contributed by atoms with E-state index in [1.165, 1.54) is 11.3 Å². The van der Waals surface area contributed by atoms with Gasteiger partial charge in [0, 0.05) is 23.5 Å². The minimum atomic E-state index is -0.358. The first-order valence-electron chi connectivity index (χ1n) is 8.37. The number of aryl methyl sites for hydroxylation is 1. The summed E-state index contributed by atoms with van der Waals surface area (Å²) in [6, 6.07) is 7.37. The number of ether oxygens (including phenoxy) is 1. The standard InChI is InChI=1S/C19H22N2O3S/c1-4-24-19(23)16-14-9-10-21(3)11-15(14)25-18(16)20-17(22)13-7-5-12(2)6-8-13/h5-8H,4,9-11H2,1-3H3,(H,20,22). The van der Waals surface area contributed by atoms with E-state index in [1.54, 1.807) is 19.1 Å². The highest BCUT2D eigenvalue weighted by Crippen LogP contribution is 2.37. The number of amides is 1. The number of likely N-dealkylation sites (N-methyl/N-ethyl adjacent to an activating group) is 1. The first-order valence-corrected chi connectivity index (χ1v) is 9.19. The maximum atomic E-state index is 12.6. The Kier molecular flexibility index (Phi) is 5.20. The van der Waals surface area contributed by atoms with Crippen LogP contribution in [0, 0.1) is 6.92 Å². The monoisotopic (exact) mass is 358 g/mol. The molecule has 25 heavy (non-hydrogen) atoms. The lowest BCUT2D eigenvalue weighted by atomic mass is 10.0. The quantitative estimate of drug-likeness (QED) is 0.850. The van der Waals surface area contributed by atoms with Crippen LogP contribution in [-0.2, 0) is 17.7 Å². The third-order valence-electron chi connectivity index (χ3n) is 4.27. The molecule has 6 heteroatoms. The van der Waals surface area contributed by atoms with Crippen molar-refractivity contribution in [3.05, 3.63) is 51.4 Å². The van der Waals surface area contributed by atoms with Gasteiger partial charge in [-0.05, 0) is 45.0 Å². The average Bonchev–Trinajstić information content (AvgIpc) is 2.92. The van der Waals surface area contributed by atoms with Gasteiger partial charge in [0.05, 0.1) is 12.2 Å². The van der Waals surface area contributed by atoms with Gasteiger partial charge in [-0.2, -0.15) is 0 Å². The van der Waals surface area contributed by atoms with Crippen molar-refractivity contribution < 1.29 is 14.3 Å². The van der Waals surface area contributed by atoms with Gasteiger partial charge in [0.15, 0.2) is 0 Å². The van der Waals surface area contributed by atoms with Gasteiger partial charge < -0.3 is 15.0 Å². The second-order valence-corrected chi connectivity index (χ2v) is 7.34. The lowest BCUT2D eigenvalue weighted by Gasteiger charge is -2.22. The SMILES string of the molecule is CCOC(=O)c1c(NC(=O)c2ccc(C)cc2)sc2c1CCN(C)C2. The van der Waals surface area contributed by atoms with Crippen molar-refractivity contribution in [1.29, 1.82) is 0 Å². The first-order chi connectivity index (χ1) is 12.0. The predicted molar refractivity (Wildman–Crippen MR) is 99.4 cm³/mol. The average molecular weight is 358 g/mol. The van der Waals surface area contributed by atoms with E-state index >= 15 is 0 Å². The van der Waals surface area contributed by atoms with Gasteiger partial charge in [0.25, 0.3) is 5.91 Å². The predicted octanol–water partition coefficient (Wildman–Crippen LogP) is 3.47. The normalized spacial score (nSPS) is 14.0. The van der Waals surface area contributed by atoms with Crippen LogP contribution in [0.25, 0.3) is 0 Å². The van der Waals surface area contributed by atoms with E-state index in [9.17, 15) is 9.59 Å². The molecular weight excluding hydrogens is 336 g/mol. The third kappa shape index (κ3) is 3.75. The van der Waals surface area contributed by atoms with Gasteiger partial charge in [-0.1, -0.05) is 17.7 Å². The summed E-state index contributed by atoms with van der Waals surface area (Å²) in [5, 5.41) is 3.51. The van der Waals surface area contributed by atoms with Crippen molar-refractivity contribution in [3.63, 3.8) is 0 Å². The molecule has 0 saturated heterocycles. The van der Waals surface area contributed by atoms with Crippen molar-refractivity contribution in [2.45, 2.75) is 26.8 Å². The summed E-state index contributed by atoms with van der Waals surface area (Å²) in [5.41, 5.74) is 3.21. The summed E-state index contributed by atoms with van der Waals surface area (Å²) >= 11 is 1.47. The number of fused-ring (bicyclic) bond motifs is 1. The highest BCUT2D eigenvalue weighted by Gasteiger charge is 2.28. The molecule has 2 heterocycles. The number of esters is 1. The molecule has 1 amide bonds. The van der Waals surface area contributed by atoms with E-state index in [1.807, 2.05) is 19.1 Å². The van der Waals surface area contributed by atoms with E-state index in [0.29, 0.717) is 22.7 Å². The van der Waals surface area contributed by atoms with Gasteiger partial charge in [-0.15, -0.1) is 11.3 Å². The smallest absolute Gasteiger partial charge is 0.341 e. The summed E-state index contributed by atoms with van der Waals surface area (Å²) in [4.78, 5) is 28.4. The Labute approximate surface area is 151 Å². The molecule has 2 aromatic rings. The Morgan fingerprint density at radius 2 is 2.00 bits per heavy atom. The number of benzene rings is 1. The molecule has 0 aliphatic carbocycles. The zero-order valence-electron chi connectivity index (χ0n) is 14.7. The lowest BCUT2D eigenvalue weighted by molar-refractivity contribution is 0.0526. The molecule has 1 aromatic heterocycles. The van der Waals surface area contributed by atoms with Crippen molar-refractivity contribution in [2.24, 2.45) is 0 Å². The molecule has 0 saturated carbocycles. The van der Waals surface area contributed by atoms with Crippen LogP contribution in [-0.4, -0.2) is 37.0 Å². The number of anilines is 1. The maximum absolute atomic E-state index is 12.6. The topological polar surface area (TPSA) is 58.6 Å². The van der Waals surface area contributed by atoms with Gasteiger partial charge in [-0.3, -0.25) is 4.79 Å². The molecule has 0 bridgehead atoms. The molecule has 0 radical (unpaired) electrons. The summed E-state index contributed by atoms with van der Waals surface area (Å²) in [6.45, 7) is 5.75. The van der Waals surface area contributed by atoms with Crippen molar-refractivity contribution in [2.75, 3.05) is 25.5 Å². The molecule has 3 rings (SSSR count). The lowest BCUT2D eigenvalue weighted by Crippen LogP contribution is -2.26. The number of hydrogen-bond donors (Lipinski definition) is 1. The van der Waals surface area contributed by atoms with Gasteiger partial charge >= 0.3 is 5.97 Å². The number of thiophene rings is 1. The van der Waals surface area contributed by atoms with Crippen LogP contribution in [0.5, 0.6) is 0 Å². The molecule has 1 aliphatic rings. The second kappa shape index (κ2) is 7.37. The molecular formula is C19H22N2O3S. The number of carbonyl (C=O) groups excluding carboxylic acids is 2. The van der Waals surface area contributed by atoms with Crippen molar-refractivity contribution in [3.8, 4) is 0 Å². The fourth-order valence-corrected chi connectivity index (χ4v) is 4.23. The summed E-state index contributed by atoms with van der Waals surface area (Å²) in [6.07, 6.45) is 0.789. The largest absolute Gasteiger partial charge is 0.462 e. The van der Waals surface area contributed by atoms with Crippen LogP contribution in [0.1, 0.15) is 43.6 Å². The number of nitrogens with zero attached hydrogens (tertiary/aromatic N) is 1. The Bertz CT molecular complexity index is 796. The molecule has 1 aliphatic heterocycles. The summed E-state index contributed by atoms with van der Waals surface area (Å²) < 4.78 is 5.23. The van der Waals surface area contributed by atoms with E-state index < -0.39 is 0 Å². The molecule has 1 aromatic carbocycles. The molecule has 132 valence electrons. The van der Waals surface area contributed by atoms with E-state index in [4.69, 9.17) is 4.74 Å². The zero-order valence-corrected chi connectivity index (χ0v) is 15.5. The van der Waals surface area contributed by atoms with Crippen molar-refractivity contribution >= 4 is 28.2 Å². The fraction of sp³-hybridized carbons (Fsp3) is 0.368. The maximum Gasteiger partial charge on any atom is 0.341 e. The molecule has 1 N–H and O–H groups in total. The number of hydrogen-bond acceptors (Lipinski definition) is 5. The first kappa shape index (κ1) is 17.6. The highest BCUT2D eigenvalue weighted by molar-refractivity contribution is 7.17. The van der Waals surface area contributed by atoms with Crippen LogP contribution in [0.4, 0.5) is 5.00 Å². The minimum Gasteiger partial charge on any atom is -0.462 e. The highest BCUT2D eigenvalue weighted by atomic mass is 32.1. The van der Waals surface area contributed by atoms with Crippen LogP contribution in [0.15, 0.2) is 24.3 Å². The van der Waals surface area contributed by atoms with E-state index in [0.717, 1.165) is 35.5 Å². The third-order valence-corrected chi connectivity index (χ3v) is 5.40. The Balaban J connectivity index is 1.93. The molecule has 0 atom stereocenters. The fourth-order valence-electron chi connectivity index (χ4n) is 2.92. The minimum absolute atomic E-state index is 0.211. The number of rotatable bonds is 4. The summed E-state index contributed by atoms with van der Waals surface area (Å²) in [7, 11) is 2.05. The molecule has 0 spiro atoms. The van der Waals surface area contributed by atoms with Crippen LogP contribution in [0.3, 0.4) is 0 Å². The van der Waals surface area contributed by atoms with E-state index in [-0.39, 0.29) is 11.9 Å². The Hall–Kier alpha value is -2.18. The zero-order chi connectivity index (χ0) is 18.0. The van der Waals surface area contributed by atoms with Gasteiger partial charge in [0.2, 0.25) is 0 Å². The Morgan fingerprint density at radius 1 is 1.28 bits per heavy atom. The van der Waals surface area contributed by atoms with Crippen LogP contribution < -0.4 is 5.32 Å². The van der Waals surface area contributed by atoms with Crippen molar-refractivity contribution in [1.82, 2.24) is 4.90 Å². The number of carbonyl (C=O) groups is 2. The number of nitrogens with one attached hydrogen (secondary N) is 1.